The van der Waals surface area contributed by atoms with E-state index in [0.717, 1.165) is 11.5 Å². The first-order chi connectivity index (χ1) is 6.58. The van der Waals surface area contributed by atoms with E-state index in [9.17, 15) is 0 Å². The van der Waals surface area contributed by atoms with Crippen LogP contribution in [0.4, 0.5) is 0 Å². The van der Waals surface area contributed by atoms with Crippen molar-refractivity contribution in [1.29, 1.82) is 0 Å². The summed E-state index contributed by atoms with van der Waals surface area (Å²) >= 11 is 0. The molecule has 0 aliphatic heterocycles. The van der Waals surface area contributed by atoms with Gasteiger partial charge in [-0.2, -0.15) is 6.07 Å². The van der Waals surface area contributed by atoms with E-state index >= 15 is 0 Å². The monoisotopic (exact) mass is 296 g/mol. The van der Waals surface area contributed by atoms with Crippen molar-refractivity contribution in [3.63, 3.8) is 0 Å². The van der Waals surface area contributed by atoms with Crippen LogP contribution in [0.3, 0.4) is 0 Å². The molecule has 1 rings (SSSR count). The molecule has 0 amide bonds. The second-order valence-electron chi connectivity index (χ2n) is 3.72. The zero-order valence-corrected chi connectivity index (χ0v) is 13.3. The molecule has 0 unspecified atom stereocenters. The van der Waals surface area contributed by atoms with Crippen LogP contribution in [0.1, 0.15) is 27.7 Å². The van der Waals surface area contributed by atoms with Gasteiger partial charge < -0.3 is 26.5 Å². The van der Waals surface area contributed by atoms with E-state index in [4.69, 9.17) is 9.47 Å². The van der Waals surface area contributed by atoms with Crippen molar-refractivity contribution in [1.82, 2.24) is 0 Å². The number of halogens is 1. The minimum atomic E-state index is 0. The molecule has 0 N–H and O–H groups in total. The van der Waals surface area contributed by atoms with Crippen molar-refractivity contribution in [3.05, 3.63) is 24.3 Å². The van der Waals surface area contributed by atoms with Crippen LogP contribution in [0.15, 0.2) is 18.2 Å². The molecule has 16 heavy (non-hydrogen) atoms. The predicted octanol–water partition coefficient (Wildman–Crippen LogP) is -0.316. The van der Waals surface area contributed by atoms with Gasteiger partial charge in [-0.05, 0) is 27.7 Å². The summed E-state index contributed by atoms with van der Waals surface area (Å²) in [5, 5.41) is 0. The van der Waals surface area contributed by atoms with Crippen LogP contribution >= 0.6 is 0 Å². The molecule has 4 heteroatoms. The molecule has 0 saturated carbocycles. The molecule has 2 nitrogen and oxygen atoms in total. The van der Waals surface area contributed by atoms with Crippen LogP contribution < -0.4 is 26.5 Å². The topological polar surface area (TPSA) is 18.5 Å². The average molecular weight is 297 g/mol. The molecule has 0 radical (unpaired) electrons. The first-order valence-corrected chi connectivity index (χ1v) is 4.93. The minimum absolute atomic E-state index is 0. The summed E-state index contributed by atoms with van der Waals surface area (Å²) in [6.07, 6.45) is 0.352. The largest absolute Gasteiger partial charge is 2.00 e. The van der Waals surface area contributed by atoms with E-state index in [2.05, 4.69) is 6.07 Å². The number of hydrogen-bond acceptors (Lipinski definition) is 2. The Morgan fingerprint density at radius 1 is 1.06 bits per heavy atom. The van der Waals surface area contributed by atoms with Crippen molar-refractivity contribution in [2.45, 2.75) is 39.9 Å². The Hall–Kier alpha value is 0.0662. The van der Waals surface area contributed by atoms with E-state index in [1.807, 2.05) is 45.9 Å². The molecule has 0 fully saturated rings. The Morgan fingerprint density at radius 3 is 2.12 bits per heavy atom. The Balaban J connectivity index is 0. The van der Waals surface area contributed by atoms with Crippen LogP contribution in [0.2, 0.25) is 0 Å². The standard InChI is InChI=1S/C12H17O2.BrH.Mg/c1-9(2)13-11-6-5-7-12(8-11)14-10(3)4;;/h5-6,8-10H,1-4H3;1H;/q-1;;+2/p-1. The van der Waals surface area contributed by atoms with Crippen LogP contribution in [0.25, 0.3) is 0 Å². The molecule has 0 aliphatic carbocycles. The van der Waals surface area contributed by atoms with Gasteiger partial charge in [0, 0.05) is 11.5 Å². The number of ether oxygens (including phenoxy) is 2. The molecule has 1 aromatic rings. The molecule has 0 saturated heterocycles. The number of hydrogen-bond donors (Lipinski definition) is 0. The van der Waals surface area contributed by atoms with Crippen LogP contribution in [-0.2, 0) is 0 Å². The number of benzene rings is 1. The fraction of sp³-hybridized carbons (Fsp3) is 0.500. The first kappa shape index (κ1) is 18.4. The zero-order chi connectivity index (χ0) is 10.6. The third-order valence-electron chi connectivity index (χ3n) is 1.48. The quantitative estimate of drug-likeness (QED) is 0.560. The van der Waals surface area contributed by atoms with Crippen LogP contribution in [-0.4, -0.2) is 35.3 Å². The molecule has 0 heterocycles. The molecule has 86 valence electrons. The van der Waals surface area contributed by atoms with Gasteiger partial charge in [0.05, 0.1) is 12.2 Å². The Labute approximate surface area is 125 Å². The Bertz CT molecular complexity index is 265. The molecular formula is C12H17BrMgO2. The molecule has 0 bridgehead atoms. The van der Waals surface area contributed by atoms with Crippen molar-refractivity contribution in [2.24, 2.45) is 0 Å². The normalized spacial score (nSPS) is 9.38. The van der Waals surface area contributed by atoms with Gasteiger partial charge in [-0.25, -0.2) is 0 Å². The number of rotatable bonds is 4. The van der Waals surface area contributed by atoms with E-state index in [1.54, 1.807) is 0 Å². The van der Waals surface area contributed by atoms with Gasteiger partial charge in [-0.1, -0.05) is 6.07 Å². The second kappa shape index (κ2) is 9.13. The van der Waals surface area contributed by atoms with E-state index in [0.29, 0.717) is 0 Å². The van der Waals surface area contributed by atoms with E-state index < -0.39 is 0 Å². The third-order valence-corrected chi connectivity index (χ3v) is 1.48. The van der Waals surface area contributed by atoms with Crippen molar-refractivity contribution >= 4 is 23.1 Å². The van der Waals surface area contributed by atoms with Crippen molar-refractivity contribution < 1.29 is 26.5 Å². The summed E-state index contributed by atoms with van der Waals surface area (Å²) in [6, 6.07) is 8.57. The molecule has 0 aromatic heterocycles. The van der Waals surface area contributed by atoms with E-state index in [1.165, 1.54) is 0 Å². The Kier molecular flexibility index (Phi) is 10.5. The summed E-state index contributed by atoms with van der Waals surface area (Å²) in [6.45, 7) is 7.98. The first-order valence-electron chi connectivity index (χ1n) is 4.93. The maximum Gasteiger partial charge on any atom is 2.00 e. The zero-order valence-electron chi connectivity index (χ0n) is 10.3. The van der Waals surface area contributed by atoms with Crippen molar-refractivity contribution in [2.75, 3.05) is 0 Å². The summed E-state index contributed by atoms with van der Waals surface area (Å²) in [5.74, 6) is 1.56. The smallest absolute Gasteiger partial charge is 1.00 e. The van der Waals surface area contributed by atoms with Gasteiger partial charge in [-0.3, -0.25) is 0 Å². The predicted molar refractivity (Wildman–Crippen MR) is 62.6 cm³/mol. The molecule has 0 spiro atoms. The van der Waals surface area contributed by atoms with Gasteiger partial charge in [0.2, 0.25) is 0 Å². The van der Waals surface area contributed by atoms with Gasteiger partial charge in [-0.15, -0.1) is 12.1 Å². The van der Waals surface area contributed by atoms with Crippen molar-refractivity contribution in [3.8, 4) is 11.5 Å². The third kappa shape index (κ3) is 7.36. The average Bonchev–Trinajstić information content (AvgIpc) is 2.01. The van der Waals surface area contributed by atoms with Crippen LogP contribution in [0, 0.1) is 6.07 Å². The summed E-state index contributed by atoms with van der Waals surface area (Å²) in [7, 11) is 0. The molecule has 0 atom stereocenters. The summed E-state index contributed by atoms with van der Waals surface area (Å²) < 4.78 is 11.0. The summed E-state index contributed by atoms with van der Waals surface area (Å²) in [5.41, 5.74) is 0. The fourth-order valence-corrected chi connectivity index (χ4v) is 1.09. The van der Waals surface area contributed by atoms with Gasteiger partial charge in [0.25, 0.3) is 0 Å². The van der Waals surface area contributed by atoms with Gasteiger partial charge in [0.1, 0.15) is 0 Å². The van der Waals surface area contributed by atoms with Gasteiger partial charge in [0.15, 0.2) is 0 Å². The maximum atomic E-state index is 5.54. The maximum absolute atomic E-state index is 5.54. The Morgan fingerprint density at radius 2 is 1.62 bits per heavy atom. The van der Waals surface area contributed by atoms with Gasteiger partial charge >= 0.3 is 23.1 Å². The van der Waals surface area contributed by atoms with E-state index in [-0.39, 0.29) is 52.2 Å². The fourth-order valence-electron chi connectivity index (χ4n) is 1.09. The molecule has 0 aliphatic rings. The van der Waals surface area contributed by atoms with Crippen LogP contribution in [0.5, 0.6) is 11.5 Å². The molecule has 1 aromatic carbocycles. The molecular weight excluding hydrogens is 280 g/mol. The second-order valence-corrected chi connectivity index (χ2v) is 3.72. The SMILES string of the molecule is CC(C)Oc1[c-]ccc(OC(C)C)c1.[Br-].[Mg+2]. The minimum Gasteiger partial charge on any atom is -1.00 e. The summed E-state index contributed by atoms with van der Waals surface area (Å²) in [4.78, 5) is 0.